The van der Waals surface area contributed by atoms with Gasteiger partial charge in [0.05, 0.1) is 12.3 Å². The van der Waals surface area contributed by atoms with Crippen LogP contribution in [0.2, 0.25) is 0 Å². The Bertz CT molecular complexity index is 747. The molecule has 0 saturated carbocycles. The molecule has 0 aliphatic carbocycles. The third kappa shape index (κ3) is 3.25. The van der Waals surface area contributed by atoms with Gasteiger partial charge in [-0.15, -0.1) is 0 Å². The summed E-state index contributed by atoms with van der Waals surface area (Å²) in [7, 11) is -2.43. The van der Waals surface area contributed by atoms with Crippen LogP contribution >= 0.6 is 15.9 Å². The van der Waals surface area contributed by atoms with Gasteiger partial charge >= 0.3 is 0 Å². The molecule has 0 radical (unpaired) electrons. The summed E-state index contributed by atoms with van der Waals surface area (Å²) in [6, 6.07) is 9.76. The predicted molar refractivity (Wildman–Crippen MR) is 82.1 cm³/mol. The third-order valence-corrected chi connectivity index (χ3v) is 5.79. The smallest absolute Gasteiger partial charge is 0.265 e. The number of nitrogens with zero attached hydrogens (tertiary/aromatic N) is 1. The van der Waals surface area contributed by atoms with Crippen molar-refractivity contribution in [2.24, 2.45) is 0 Å². The summed E-state index contributed by atoms with van der Waals surface area (Å²) in [4.78, 5) is 0.0425. The van der Waals surface area contributed by atoms with Gasteiger partial charge in [0.1, 0.15) is 10.7 Å². The number of aliphatic hydroxyl groups excluding tert-OH is 1. The lowest BCUT2D eigenvalue weighted by Crippen LogP contribution is -2.27. The van der Waals surface area contributed by atoms with Crippen molar-refractivity contribution >= 4 is 31.6 Å². The van der Waals surface area contributed by atoms with Gasteiger partial charge in [-0.25, -0.2) is 12.8 Å². The van der Waals surface area contributed by atoms with Crippen molar-refractivity contribution in [3.05, 3.63) is 58.3 Å². The molecule has 0 saturated heterocycles. The third-order valence-electron chi connectivity index (χ3n) is 3.01. The molecule has 7 heteroatoms. The SMILES string of the molecule is CN(c1ccc(F)cc1)S(=O)(=O)c1cc(CO)ccc1Br. The lowest BCUT2D eigenvalue weighted by Gasteiger charge is -2.20. The van der Waals surface area contributed by atoms with Crippen molar-refractivity contribution in [2.45, 2.75) is 11.5 Å². The second kappa shape index (κ2) is 6.13. The first-order valence-corrected chi connectivity index (χ1v) is 8.23. The Kier molecular flexibility index (Phi) is 4.65. The Balaban J connectivity index is 2.48. The van der Waals surface area contributed by atoms with Gasteiger partial charge < -0.3 is 5.11 Å². The van der Waals surface area contributed by atoms with Gasteiger partial charge in [-0.2, -0.15) is 0 Å². The maximum Gasteiger partial charge on any atom is 0.265 e. The zero-order valence-electron chi connectivity index (χ0n) is 11.1. The van der Waals surface area contributed by atoms with E-state index in [1.54, 1.807) is 12.1 Å². The standard InChI is InChI=1S/C14H13BrFNO3S/c1-17(12-5-3-11(16)4-6-12)21(19,20)14-8-10(9-18)2-7-13(14)15/h2-8,18H,9H2,1H3. The molecule has 2 aromatic rings. The first-order valence-electron chi connectivity index (χ1n) is 6.00. The minimum Gasteiger partial charge on any atom is -0.392 e. The average molecular weight is 374 g/mol. The van der Waals surface area contributed by atoms with Crippen LogP contribution < -0.4 is 4.31 Å². The van der Waals surface area contributed by atoms with Gasteiger partial charge in [-0.3, -0.25) is 4.31 Å². The monoisotopic (exact) mass is 373 g/mol. The number of hydrogen-bond acceptors (Lipinski definition) is 3. The summed E-state index contributed by atoms with van der Waals surface area (Å²) < 4.78 is 39.6. The van der Waals surface area contributed by atoms with E-state index in [1.165, 1.54) is 37.4 Å². The van der Waals surface area contributed by atoms with E-state index in [-0.39, 0.29) is 11.5 Å². The molecule has 0 heterocycles. The number of sulfonamides is 1. The summed E-state index contributed by atoms with van der Waals surface area (Å²) in [5.74, 6) is -0.437. The quantitative estimate of drug-likeness (QED) is 0.896. The van der Waals surface area contributed by atoms with Crippen LogP contribution in [-0.2, 0) is 16.6 Å². The number of hydrogen-bond donors (Lipinski definition) is 1. The van der Waals surface area contributed by atoms with Crippen molar-refractivity contribution in [1.29, 1.82) is 0 Å². The van der Waals surface area contributed by atoms with Crippen LogP contribution in [0, 0.1) is 5.82 Å². The van der Waals surface area contributed by atoms with Gasteiger partial charge in [0.25, 0.3) is 10.0 Å². The molecule has 0 unspecified atom stereocenters. The van der Waals surface area contributed by atoms with Crippen molar-refractivity contribution < 1.29 is 17.9 Å². The number of rotatable bonds is 4. The molecule has 0 aliphatic heterocycles. The van der Waals surface area contributed by atoms with Crippen molar-refractivity contribution in [3.63, 3.8) is 0 Å². The molecular formula is C14H13BrFNO3S. The highest BCUT2D eigenvalue weighted by Gasteiger charge is 2.24. The van der Waals surface area contributed by atoms with E-state index in [0.717, 1.165) is 4.31 Å². The molecule has 0 atom stereocenters. The van der Waals surface area contributed by atoms with Gasteiger partial charge in [-0.1, -0.05) is 6.07 Å². The molecule has 0 fully saturated rings. The highest BCUT2D eigenvalue weighted by atomic mass is 79.9. The fraction of sp³-hybridized carbons (Fsp3) is 0.143. The lowest BCUT2D eigenvalue weighted by atomic mass is 10.2. The Morgan fingerprint density at radius 3 is 2.38 bits per heavy atom. The molecule has 2 aromatic carbocycles. The molecule has 21 heavy (non-hydrogen) atoms. The van der Waals surface area contributed by atoms with Crippen molar-refractivity contribution in [1.82, 2.24) is 0 Å². The van der Waals surface area contributed by atoms with E-state index < -0.39 is 15.8 Å². The molecule has 1 N–H and O–H groups in total. The zero-order valence-corrected chi connectivity index (χ0v) is 13.5. The molecule has 112 valence electrons. The highest BCUT2D eigenvalue weighted by Crippen LogP contribution is 2.28. The summed E-state index contributed by atoms with van der Waals surface area (Å²) in [5, 5.41) is 9.14. The molecule has 0 aromatic heterocycles. The largest absolute Gasteiger partial charge is 0.392 e. The lowest BCUT2D eigenvalue weighted by molar-refractivity contribution is 0.281. The molecule has 4 nitrogen and oxygen atoms in total. The Labute approximate surface area is 131 Å². The van der Waals surface area contributed by atoms with Crippen LogP contribution in [0.3, 0.4) is 0 Å². The molecule has 0 aliphatic rings. The summed E-state index contributed by atoms with van der Waals surface area (Å²) in [5.41, 5.74) is 0.835. The van der Waals surface area contributed by atoms with Crippen LogP contribution in [0.1, 0.15) is 5.56 Å². The van der Waals surface area contributed by atoms with Crippen molar-refractivity contribution in [2.75, 3.05) is 11.4 Å². The van der Waals surface area contributed by atoms with E-state index in [2.05, 4.69) is 15.9 Å². The molecule has 2 rings (SSSR count). The fourth-order valence-electron chi connectivity index (χ4n) is 1.78. The molecule has 0 bridgehead atoms. The maximum absolute atomic E-state index is 12.9. The normalized spacial score (nSPS) is 11.4. The van der Waals surface area contributed by atoms with Crippen LogP contribution in [0.15, 0.2) is 51.8 Å². The zero-order chi connectivity index (χ0) is 15.6. The Hall–Kier alpha value is -1.44. The average Bonchev–Trinajstić information content (AvgIpc) is 2.47. The van der Waals surface area contributed by atoms with E-state index in [1.807, 2.05) is 0 Å². The van der Waals surface area contributed by atoms with E-state index in [9.17, 15) is 12.8 Å². The van der Waals surface area contributed by atoms with Gasteiger partial charge in [0.15, 0.2) is 0 Å². The minimum atomic E-state index is -3.82. The van der Waals surface area contributed by atoms with Crippen LogP contribution in [0.4, 0.5) is 10.1 Å². The van der Waals surface area contributed by atoms with Gasteiger partial charge in [0.2, 0.25) is 0 Å². The summed E-state index contributed by atoms with van der Waals surface area (Å²) in [6.07, 6.45) is 0. The Morgan fingerprint density at radius 1 is 1.19 bits per heavy atom. The van der Waals surface area contributed by atoms with E-state index in [4.69, 9.17) is 5.11 Å². The minimum absolute atomic E-state index is 0.0425. The number of anilines is 1. The van der Waals surface area contributed by atoms with E-state index in [0.29, 0.717) is 15.7 Å². The van der Waals surface area contributed by atoms with Crippen LogP contribution in [0.25, 0.3) is 0 Å². The number of halogens is 2. The Morgan fingerprint density at radius 2 is 1.81 bits per heavy atom. The molecule has 0 spiro atoms. The first kappa shape index (κ1) is 15.9. The topological polar surface area (TPSA) is 57.6 Å². The summed E-state index contributed by atoms with van der Waals surface area (Å²) >= 11 is 3.20. The summed E-state index contributed by atoms with van der Waals surface area (Å²) in [6.45, 7) is -0.254. The number of aliphatic hydroxyl groups is 1. The second-order valence-electron chi connectivity index (χ2n) is 4.37. The molecular weight excluding hydrogens is 361 g/mol. The van der Waals surface area contributed by atoms with Crippen LogP contribution in [-0.4, -0.2) is 20.6 Å². The second-order valence-corrected chi connectivity index (χ2v) is 7.16. The fourth-order valence-corrected chi connectivity index (χ4v) is 3.95. The first-order chi connectivity index (χ1) is 9.86. The number of benzene rings is 2. The van der Waals surface area contributed by atoms with Gasteiger partial charge in [0, 0.05) is 11.5 Å². The van der Waals surface area contributed by atoms with Crippen LogP contribution in [0.5, 0.6) is 0 Å². The predicted octanol–water partition coefficient (Wildman–Crippen LogP) is 2.91. The van der Waals surface area contributed by atoms with Gasteiger partial charge in [-0.05, 0) is 57.9 Å². The van der Waals surface area contributed by atoms with Crippen molar-refractivity contribution in [3.8, 4) is 0 Å². The maximum atomic E-state index is 12.9. The van der Waals surface area contributed by atoms with E-state index >= 15 is 0 Å². The molecule has 0 amide bonds. The highest BCUT2D eigenvalue weighted by molar-refractivity contribution is 9.10.